The summed E-state index contributed by atoms with van der Waals surface area (Å²) in [4.78, 5) is 13.3. The van der Waals surface area contributed by atoms with E-state index >= 15 is 0 Å². The van der Waals surface area contributed by atoms with Gasteiger partial charge in [0.2, 0.25) is 0 Å². The maximum Gasteiger partial charge on any atom is 0.165 e. The van der Waals surface area contributed by atoms with E-state index < -0.39 is 12.2 Å². The molecule has 0 spiro atoms. The summed E-state index contributed by atoms with van der Waals surface area (Å²) in [6.07, 6.45) is -0.420. The summed E-state index contributed by atoms with van der Waals surface area (Å²) < 4.78 is 0. The molecular weight excluding hydrogens is 360 g/mol. The lowest BCUT2D eigenvalue weighted by atomic mass is 9.46. The third-order valence-electron chi connectivity index (χ3n) is 7.16. The van der Waals surface area contributed by atoms with Gasteiger partial charge >= 0.3 is 0 Å². The van der Waals surface area contributed by atoms with Gasteiger partial charge in [-0.2, -0.15) is 0 Å². The molecule has 1 saturated carbocycles. The molecule has 5 rings (SSSR count). The average molecular weight is 391 g/mol. The Hall–Kier alpha value is -2.23. The third kappa shape index (κ3) is 3.37. The number of hydrogen-bond donors (Lipinski definition) is 2. The van der Waals surface area contributed by atoms with Crippen LogP contribution in [0.15, 0.2) is 59.7 Å². The van der Waals surface area contributed by atoms with Crippen LogP contribution < -0.4 is 0 Å². The minimum atomic E-state index is -0.940. The number of rotatable bonds is 5. The maximum absolute atomic E-state index is 13.3. The molecule has 3 aliphatic carbocycles. The van der Waals surface area contributed by atoms with Gasteiger partial charge in [0.15, 0.2) is 5.78 Å². The number of hydrogen-bond acceptors (Lipinski definition) is 3. The molecule has 0 amide bonds. The van der Waals surface area contributed by atoms with E-state index in [4.69, 9.17) is 0 Å². The molecule has 4 atom stereocenters. The highest BCUT2D eigenvalue weighted by Crippen LogP contribution is 2.62. The van der Waals surface area contributed by atoms with Gasteiger partial charge in [-0.1, -0.05) is 79.1 Å². The normalized spacial score (nSPS) is 24.8. The minimum Gasteiger partial charge on any atom is -0.388 e. The lowest BCUT2D eigenvalue weighted by molar-refractivity contribution is -0.137. The number of fused-ring (bicyclic) bond motifs is 1. The molecule has 3 nitrogen and oxygen atoms in total. The molecule has 1 fully saturated rings. The highest BCUT2D eigenvalue weighted by molar-refractivity contribution is 6.02. The second-order valence-electron chi connectivity index (χ2n) is 9.41. The quantitative estimate of drug-likeness (QED) is 0.755. The fraction of sp³-hybridized carbons (Fsp3) is 0.423. The van der Waals surface area contributed by atoms with Gasteiger partial charge in [0.05, 0.1) is 6.10 Å². The number of aliphatic hydroxyl groups is 2. The van der Waals surface area contributed by atoms with Gasteiger partial charge in [0.1, 0.15) is 6.10 Å². The number of carbonyl (C=O) groups is 1. The van der Waals surface area contributed by atoms with E-state index in [1.807, 2.05) is 62.4 Å². The number of aliphatic hydroxyl groups excluding tert-OH is 2. The summed E-state index contributed by atoms with van der Waals surface area (Å²) in [6, 6.07) is 15.6. The van der Waals surface area contributed by atoms with Gasteiger partial charge in [-0.3, -0.25) is 4.79 Å². The summed E-state index contributed by atoms with van der Waals surface area (Å²) in [7, 11) is 0. The van der Waals surface area contributed by atoms with E-state index in [9.17, 15) is 15.0 Å². The zero-order chi connectivity index (χ0) is 20.9. The lowest BCUT2D eigenvalue weighted by Crippen LogP contribution is -2.55. The number of aryl methyl sites for hydroxylation is 2. The fourth-order valence-electron chi connectivity index (χ4n) is 5.09. The molecule has 2 aromatic carbocycles. The fourth-order valence-corrected chi connectivity index (χ4v) is 5.09. The molecule has 152 valence electrons. The monoisotopic (exact) mass is 390 g/mol. The van der Waals surface area contributed by atoms with Crippen molar-refractivity contribution in [3.05, 3.63) is 81.9 Å². The lowest BCUT2D eigenvalue weighted by Gasteiger charge is -2.57. The van der Waals surface area contributed by atoms with Crippen LogP contribution in [0.4, 0.5) is 0 Å². The Kier molecular flexibility index (Phi) is 5.00. The zero-order valence-electron chi connectivity index (χ0n) is 17.6. The number of benzene rings is 2. The molecule has 0 radical (unpaired) electrons. The van der Waals surface area contributed by atoms with Crippen molar-refractivity contribution in [1.29, 1.82) is 0 Å². The Labute approximate surface area is 173 Å². The largest absolute Gasteiger partial charge is 0.388 e. The molecule has 2 N–H and O–H groups in total. The zero-order valence-corrected chi connectivity index (χ0v) is 17.6. The number of carbonyl (C=O) groups excluding carboxylic acids is 1. The van der Waals surface area contributed by atoms with Gasteiger partial charge in [0, 0.05) is 11.5 Å². The second-order valence-corrected chi connectivity index (χ2v) is 9.41. The standard InChI is InChI=1S/C26H30O3/c1-15-5-9-17(10-6-15)22(27)13-19-20-14-21(26(20,3)4)25(29)23(19)24(28)18-11-7-16(2)8-12-18/h5-12,20-22,24,27-28H,13-14H2,1-4H3. The Morgan fingerprint density at radius 3 is 1.93 bits per heavy atom. The molecule has 3 aliphatic rings. The van der Waals surface area contributed by atoms with Gasteiger partial charge < -0.3 is 10.2 Å². The van der Waals surface area contributed by atoms with Crippen molar-refractivity contribution in [3.63, 3.8) is 0 Å². The molecular formula is C26H30O3. The van der Waals surface area contributed by atoms with Gasteiger partial charge in [-0.15, -0.1) is 0 Å². The second kappa shape index (κ2) is 7.23. The molecule has 2 bridgehead atoms. The van der Waals surface area contributed by atoms with Crippen molar-refractivity contribution < 1.29 is 15.0 Å². The Morgan fingerprint density at radius 1 is 0.897 bits per heavy atom. The summed E-state index contributed by atoms with van der Waals surface area (Å²) in [5, 5.41) is 22.1. The van der Waals surface area contributed by atoms with E-state index in [0.29, 0.717) is 12.0 Å². The van der Waals surface area contributed by atoms with Crippen molar-refractivity contribution in [2.45, 2.75) is 52.7 Å². The van der Waals surface area contributed by atoms with E-state index in [1.165, 1.54) is 0 Å². The Balaban J connectivity index is 1.73. The highest BCUT2D eigenvalue weighted by atomic mass is 16.3. The first-order valence-corrected chi connectivity index (χ1v) is 10.5. The van der Waals surface area contributed by atoms with Crippen molar-refractivity contribution in [3.8, 4) is 0 Å². The predicted octanol–water partition coefficient (Wildman–Crippen LogP) is 5.00. The highest BCUT2D eigenvalue weighted by Gasteiger charge is 2.58. The first-order valence-electron chi connectivity index (χ1n) is 10.5. The predicted molar refractivity (Wildman–Crippen MR) is 114 cm³/mol. The minimum absolute atomic E-state index is 0.0390. The van der Waals surface area contributed by atoms with Crippen LogP contribution >= 0.6 is 0 Å². The SMILES string of the molecule is Cc1ccc(C(O)CC2=C(C(O)c3ccc(C)cc3)C(=O)C3CC2C3(C)C)cc1. The van der Waals surface area contributed by atoms with Crippen LogP contribution in [-0.4, -0.2) is 16.0 Å². The summed E-state index contributed by atoms with van der Waals surface area (Å²) in [5.74, 6) is 0.236. The molecule has 0 aliphatic heterocycles. The smallest absolute Gasteiger partial charge is 0.165 e. The van der Waals surface area contributed by atoms with Crippen LogP contribution in [0.2, 0.25) is 0 Å². The van der Waals surface area contributed by atoms with Crippen molar-refractivity contribution in [2.75, 3.05) is 0 Å². The van der Waals surface area contributed by atoms with E-state index in [1.54, 1.807) is 0 Å². The van der Waals surface area contributed by atoms with Crippen LogP contribution in [0.1, 0.15) is 61.2 Å². The van der Waals surface area contributed by atoms with E-state index in [0.717, 1.165) is 34.2 Å². The Morgan fingerprint density at radius 2 is 1.41 bits per heavy atom. The van der Waals surface area contributed by atoms with Crippen molar-refractivity contribution >= 4 is 5.78 Å². The van der Waals surface area contributed by atoms with Crippen LogP contribution in [0.3, 0.4) is 0 Å². The Bertz CT molecular complexity index is 950. The van der Waals surface area contributed by atoms with Crippen LogP contribution in [0.25, 0.3) is 0 Å². The average Bonchev–Trinajstić information content (AvgIpc) is 2.68. The van der Waals surface area contributed by atoms with Gasteiger partial charge in [0.25, 0.3) is 0 Å². The van der Waals surface area contributed by atoms with Crippen LogP contribution in [-0.2, 0) is 4.79 Å². The number of Topliss-reactive ketones (excluding diaryl/α,β-unsaturated/α-hetero) is 1. The summed E-state index contributed by atoms with van der Waals surface area (Å²) in [6.45, 7) is 8.29. The summed E-state index contributed by atoms with van der Waals surface area (Å²) in [5.41, 5.74) is 5.18. The third-order valence-corrected chi connectivity index (χ3v) is 7.16. The van der Waals surface area contributed by atoms with Crippen LogP contribution in [0, 0.1) is 31.1 Å². The number of ketones is 1. The molecule has 0 saturated heterocycles. The van der Waals surface area contributed by atoms with Crippen molar-refractivity contribution in [2.24, 2.45) is 17.3 Å². The van der Waals surface area contributed by atoms with E-state index in [2.05, 4.69) is 13.8 Å². The van der Waals surface area contributed by atoms with Crippen molar-refractivity contribution in [1.82, 2.24) is 0 Å². The molecule has 3 heteroatoms. The molecule has 4 unspecified atom stereocenters. The first-order chi connectivity index (χ1) is 13.7. The van der Waals surface area contributed by atoms with E-state index in [-0.39, 0.29) is 23.0 Å². The van der Waals surface area contributed by atoms with Crippen LogP contribution in [0.5, 0.6) is 0 Å². The topological polar surface area (TPSA) is 57.5 Å². The van der Waals surface area contributed by atoms with Gasteiger partial charge in [-0.05, 0) is 49.1 Å². The molecule has 29 heavy (non-hydrogen) atoms. The van der Waals surface area contributed by atoms with Gasteiger partial charge in [-0.25, -0.2) is 0 Å². The molecule has 0 aromatic heterocycles. The first kappa shape index (κ1) is 20.1. The maximum atomic E-state index is 13.3. The summed E-state index contributed by atoms with van der Waals surface area (Å²) >= 11 is 0. The molecule has 0 heterocycles. The molecule has 2 aromatic rings.